The molecule has 3 heterocycles. The van der Waals surface area contributed by atoms with Crippen LogP contribution in [0, 0.1) is 18.3 Å². The number of aliphatic hydroxyl groups is 1. The van der Waals surface area contributed by atoms with Crippen LogP contribution in [-0.4, -0.2) is 42.2 Å². The molecule has 0 saturated heterocycles. The van der Waals surface area contributed by atoms with Crippen LogP contribution in [0.1, 0.15) is 48.2 Å². The summed E-state index contributed by atoms with van der Waals surface area (Å²) in [6.45, 7) is 6.18. The first-order valence-corrected chi connectivity index (χ1v) is 11.3. The van der Waals surface area contributed by atoms with Crippen LogP contribution in [0.3, 0.4) is 0 Å². The Kier molecular flexibility index (Phi) is 6.48. The molecule has 4 aromatic rings. The summed E-state index contributed by atoms with van der Waals surface area (Å²) in [5, 5.41) is 26.6. The molecular weight excluding hydrogens is 485 g/mol. The third-order valence-electron chi connectivity index (χ3n) is 5.90. The Labute approximate surface area is 210 Å². The van der Waals surface area contributed by atoms with Gasteiger partial charge in [-0.25, -0.2) is 14.5 Å². The summed E-state index contributed by atoms with van der Waals surface area (Å²) < 4.78 is 42.1. The van der Waals surface area contributed by atoms with E-state index in [0.717, 1.165) is 6.07 Å². The van der Waals surface area contributed by atoms with E-state index in [1.165, 1.54) is 29.6 Å². The first-order valence-electron chi connectivity index (χ1n) is 11.3. The van der Waals surface area contributed by atoms with E-state index < -0.39 is 29.4 Å². The van der Waals surface area contributed by atoms with Crippen LogP contribution in [0.2, 0.25) is 0 Å². The highest BCUT2D eigenvalue weighted by molar-refractivity contribution is 5.93. The van der Waals surface area contributed by atoms with Crippen molar-refractivity contribution in [3.8, 4) is 28.6 Å². The first kappa shape index (κ1) is 25.8. The molecule has 1 atom stereocenters. The fraction of sp³-hybridized carbons (Fsp3) is 0.269. The van der Waals surface area contributed by atoms with E-state index in [1.807, 2.05) is 6.07 Å². The number of benzene rings is 1. The normalized spacial score (nSPS) is 12.8. The molecule has 0 aliphatic carbocycles. The molecule has 1 amide bonds. The summed E-state index contributed by atoms with van der Waals surface area (Å²) in [6.07, 6.45) is -4.69. The average Bonchev–Trinajstić information content (AvgIpc) is 3.21. The van der Waals surface area contributed by atoms with E-state index >= 15 is 0 Å². The van der Waals surface area contributed by atoms with Crippen molar-refractivity contribution >= 4 is 11.6 Å². The molecule has 37 heavy (non-hydrogen) atoms. The summed E-state index contributed by atoms with van der Waals surface area (Å²) in [7, 11) is 0. The Morgan fingerprint density at radius 2 is 1.84 bits per heavy atom. The van der Waals surface area contributed by atoms with Crippen molar-refractivity contribution in [2.24, 2.45) is 0 Å². The molecule has 0 aliphatic rings. The second-order valence-corrected chi connectivity index (χ2v) is 9.22. The lowest BCUT2D eigenvalue weighted by molar-refractivity contribution is -0.141. The molecule has 0 unspecified atom stereocenters. The molecule has 0 spiro atoms. The Bertz CT molecular complexity index is 1550. The minimum Gasteiger partial charge on any atom is -0.388 e. The third-order valence-corrected chi connectivity index (χ3v) is 5.90. The molecule has 1 aromatic carbocycles. The van der Waals surface area contributed by atoms with Gasteiger partial charge in [-0.1, -0.05) is 12.1 Å². The number of nitrogens with zero attached hydrogens (tertiary/aromatic N) is 5. The van der Waals surface area contributed by atoms with Crippen molar-refractivity contribution in [1.82, 2.24) is 24.9 Å². The van der Waals surface area contributed by atoms with Gasteiger partial charge in [0.2, 0.25) is 0 Å². The van der Waals surface area contributed by atoms with Crippen LogP contribution < -0.4 is 5.32 Å². The van der Waals surface area contributed by atoms with Gasteiger partial charge in [-0.05, 0) is 64.1 Å². The lowest BCUT2D eigenvalue weighted by atomic mass is 10.0. The lowest BCUT2D eigenvalue weighted by Gasteiger charge is -2.26. The molecule has 0 bridgehead atoms. The highest BCUT2D eigenvalue weighted by atomic mass is 19.4. The molecule has 2 N–H and O–H groups in total. The van der Waals surface area contributed by atoms with Gasteiger partial charge in [-0.15, -0.1) is 0 Å². The minimum absolute atomic E-state index is 0.0265. The van der Waals surface area contributed by atoms with E-state index in [0.29, 0.717) is 11.1 Å². The third kappa shape index (κ3) is 5.29. The molecule has 190 valence electrons. The summed E-state index contributed by atoms with van der Waals surface area (Å²) in [5.41, 5.74) is -0.436. The molecule has 3 aromatic heterocycles. The second kappa shape index (κ2) is 9.29. The maximum absolute atomic E-state index is 13.6. The van der Waals surface area contributed by atoms with Gasteiger partial charge in [-0.3, -0.25) is 4.79 Å². The zero-order chi connectivity index (χ0) is 27.1. The Balaban J connectivity index is 1.96. The number of nitriles is 1. The zero-order valence-corrected chi connectivity index (χ0v) is 20.4. The van der Waals surface area contributed by atoms with Gasteiger partial charge in [0.25, 0.3) is 5.91 Å². The number of hydrogen-bond acceptors (Lipinski definition) is 6. The van der Waals surface area contributed by atoms with Crippen molar-refractivity contribution in [1.29, 1.82) is 5.26 Å². The monoisotopic (exact) mass is 508 g/mol. The van der Waals surface area contributed by atoms with Crippen molar-refractivity contribution in [3.05, 3.63) is 71.2 Å². The number of nitrogens with one attached hydrogen (secondary N) is 1. The van der Waals surface area contributed by atoms with Crippen LogP contribution in [0.4, 0.5) is 13.2 Å². The maximum Gasteiger partial charge on any atom is 0.433 e. The van der Waals surface area contributed by atoms with Crippen LogP contribution in [0.5, 0.6) is 0 Å². The van der Waals surface area contributed by atoms with Gasteiger partial charge in [0, 0.05) is 16.8 Å². The highest BCUT2D eigenvalue weighted by Gasteiger charge is 2.34. The smallest absolute Gasteiger partial charge is 0.388 e. The van der Waals surface area contributed by atoms with Gasteiger partial charge in [0.1, 0.15) is 17.1 Å². The summed E-state index contributed by atoms with van der Waals surface area (Å²) in [4.78, 5) is 21.1. The number of imidazole rings is 1. The minimum atomic E-state index is -4.69. The van der Waals surface area contributed by atoms with Gasteiger partial charge in [-0.2, -0.15) is 23.5 Å². The van der Waals surface area contributed by atoms with E-state index in [-0.39, 0.29) is 34.0 Å². The van der Waals surface area contributed by atoms with E-state index in [9.17, 15) is 28.3 Å². The van der Waals surface area contributed by atoms with Gasteiger partial charge in [0.05, 0.1) is 29.0 Å². The van der Waals surface area contributed by atoms with Crippen molar-refractivity contribution in [2.75, 3.05) is 0 Å². The molecule has 0 fully saturated rings. The van der Waals surface area contributed by atoms with Crippen LogP contribution >= 0.6 is 0 Å². The Hall–Kier alpha value is -4.30. The molecule has 0 saturated carbocycles. The van der Waals surface area contributed by atoms with Gasteiger partial charge < -0.3 is 10.4 Å². The molecule has 0 aliphatic heterocycles. The second-order valence-electron chi connectivity index (χ2n) is 9.22. The topological polar surface area (TPSA) is 116 Å². The Morgan fingerprint density at radius 1 is 1.11 bits per heavy atom. The molecule has 0 radical (unpaired) electrons. The number of carbonyl (C=O) groups excluding carboxylic acids is 1. The number of aryl methyl sites for hydroxylation is 1. The number of rotatable bonds is 5. The molecular formula is C26H23F3N6O2. The lowest BCUT2D eigenvalue weighted by Crippen LogP contribution is -2.47. The van der Waals surface area contributed by atoms with Crippen molar-refractivity contribution < 1.29 is 23.1 Å². The van der Waals surface area contributed by atoms with Crippen molar-refractivity contribution in [3.63, 3.8) is 0 Å². The van der Waals surface area contributed by atoms with Gasteiger partial charge >= 0.3 is 6.18 Å². The number of alkyl halides is 3. The Morgan fingerprint density at radius 3 is 2.49 bits per heavy atom. The molecule has 8 nitrogen and oxygen atoms in total. The average molecular weight is 509 g/mol. The fourth-order valence-corrected chi connectivity index (χ4v) is 3.65. The highest BCUT2D eigenvalue weighted by Crippen LogP contribution is 2.36. The zero-order valence-electron chi connectivity index (χ0n) is 20.4. The SMILES string of the molecule is Cc1cc(-c2c(-c3cccc(C#N)c3)nc3ccc(C(=O)N[C@@H](C)C(C)(C)O)nn23)cc(C(F)(F)F)n1. The number of carbonyl (C=O) groups is 1. The number of amides is 1. The quantitative estimate of drug-likeness (QED) is 0.409. The molecule has 11 heteroatoms. The van der Waals surface area contributed by atoms with Crippen LogP contribution in [0.15, 0.2) is 48.5 Å². The first-order chi connectivity index (χ1) is 17.3. The fourth-order valence-electron chi connectivity index (χ4n) is 3.65. The summed E-state index contributed by atoms with van der Waals surface area (Å²) in [5.74, 6) is -0.578. The van der Waals surface area contributed by atoms with E-state index in [4.69, 9.17) is 0 Å². The van der Waals surface area contributed by atoms with E-state index in [2.05, 4.69) is 20.4 Å². The van der Waals surface area contributed by atoms with Crippen LogP contribution in [-0.2, 0) is 6.18 Å². The van der Waals surface area contributed by atoms with Crippen molar-refractivity contribution in [2.45, 2.75) is 45.5 Å². The number of aromatic nitrogens is 4. The van der Waals surface area contributed by atoms with Crippen LogP contribution in [0.25, 0.3) is 28.2 Å². The van der Waals surface area contributed by atoms with Gasteiger partial charge in [0.15, 0.2) is 5.65 Å². The standard InChI is InChI=1S/C26H23F3N6O2/c1-14-10-18(12-20(31-14)26(27,28)29)23-22(17-7-5-6-16(11-17)13-30)33-21-9-8-19(34-35(21)23)24(36)32-15(2)25(3,4)37/h5-12,15,37H,1-4H3,(H,32,36)/t15-/m0/s1. The number of hydrogen-bond donors (Lipinski definition) is 2. The number of pyridine rings is 1. The number of fused-ring (bicyclic) bond motifs is 1. The van der Waals surface area contributed by atoms with E-state index in [1.54, 1.807) is 45.0 Å². The predicted molar refractivity (Wildman–Crippen MR) is 129 cm³/mol. The maximum atomic E-state index is 13.6. The summed E-state index contributed by atoms with van der Waals surface area (Å²) in [6, 6.07) is 13.3. The predicted octanol–water partition coefficient (Wildman–Crippen LogP) is 4.55. The largest absolute Gasteiger partial charge is 0.433 e. The summed E-state index contributed by atoms with van der Waals surface area (Å²) >= 11 is 0. The molecule has 4 rings (SSSR count). The number of halogens is 3.